The van der Waals surface area contributed by atoms with Gasteiger partial charge in [-0.2, -0.15) is 0 Å². The highest BCUT2D eigenvalue weighted by Crippen LogP contribution is 2.24. The normalized spacial score (nSPS) is 18.2. The minimum atomic E-state index is -0.0506. The maximum atomic E-state index is 11.8. The number of amides is 1. The fraction of sp³-hybridized carbons (Fsp3) is 0.462. The molecule has 1 aliphatic heterocycles. The van der Waals surface area contributed by atoms with Crippen LogP contribution in [0.25, 0.3) is 0 Å². The van der Waals surface area contributed by atoms with E-state index in [4.69, 9.17) is 0 Å². The van der Waals surface area contributed by atoms with Gasteiger partial charge in [-0.1, -0.05) is 6.07 Å². The van der Waals surface area contributed by atoms with Gasteiger partial charge in [-0.05, 0) is 44.0 Å². The Kier molecular flexibility index (Phi) is 5.44. The van der Waals surface area contributed by atoms with Gasteiger partial charge < -0.3 is 15.7 Å². The highest BCUT2D eigenvalue weighted by molar-refractivity contribution is 5.92. The molecule has 1 aromatic carbocycles. The fourth-order valence-electron chi connectivity index (χ4n) is 2.11. The second-order valence-electron chi connectivity index (χ2n) is 4.57. The molecule has 2 rings (SSSR count). The van der Waals surface area contributed by atoms with Crippen LogP contribution in [0.3, 0.4) is 0 Å². The monoisotopic (exact) mass is 270 g/mol. The van der Waals surface area contributed by atoms with Crippen LogP contribution in [0.2, 0.25) is 0 Å². The van der Waals surface area contributed by atoms with Gasteiger partial charge in [0.2, 0.25) is 5.91 Å². The van der Waals surface area contributed by atoms with Crippen molar-refractivity contribution in [1.29, 1.82) is 0 Å². The minimum Gasteiger partial charge on any atom is -0.506 e. The Morgan fingerprint density at radius 1 is 1.56 bits per heavy atom. The van der Waals surface area contributed by atoms with Crippen LogP contribution in [0.15, 0.2) is 18.2 Å². The number of hydrogen-bond donors (Lipinski definition) is 3. The van der Waals surface area contributed by atoms with Gasteiger partial charge in [0.1, 0.15) is 5.75 Å². The Hall–Kier alpha value is -1.26. The molecule has 4 nitrogen and oxygen atoms in total. The molecule has 0 spiro atoms. The molecule has 1 heterocycles. The van der Waals surface area contributed by atoms with Gasteiger partial charge in [0.05, 0.1) is 5.69 Å². The lowest BCUT2D eigenvalue weighted by molar-refractivity contribution is -0.116. The molecule has 1 aromatic rings. The molecular formula is C13H19ClN2O2. The van der Waals surface area contributed by atoms with Gasteiger partial charge in [-0.25, -0.2) is 0 Å². The topological polar surface area (TPSA) is 61.4 Å². The number of aromatic hydroxyl groups is 1. The fourth-order valence-corrected chi connectivity index (χ4v) is 2.11. The number of halogens is 1. The number of carbonyl (C=O) groups is 1. The van der Waals surface area contributed by atoms with Crippen LogP contribution >= 0.6 is 12.4 Å². The number of anilines is 1. The molecule has 0 radical (unpaired) electrons. The molecule has 1 fully saturated rings. The van der Waals surface area contributed by atoms with Crippen molar-refractivity contribution in [2.24, 2.45) is 0 Å². The average molecular weight is 271 g/mol. The van der Waals surface area contributed by atoms with E-state index in [1.54, 1.807) is 12.1 Å². The Bertz CT molecular complexity index is 417. The first-order valence-electron chi connectivity index (χ1n) is 5.98. The lowest BCUT2D eigenvalue weighted by Gasteiger charge is -2.11. The van der Waals surface area contributed by atoms with Crippen molar-refractivity contribution in [3.63, 3.8) is 0 Å². The van der Waals surface area contributed by atoms with E-state index in [-0.39, 0.29) is 30.1 Å². The lowest BCUT2D eigenvalue weighted by Crippen LogP contribution is -2.27. The Labute approximate surface area is 113 Å². The smallest absolute Gasteiger partial charge is 0.226 e. The molecule has 5 heteroatoms. The Morgan fingerprint density at radius 3 is 3.00 bits per heavy atom. The van der Waals surface area contributed by atoms with Crippen LogP contribution in [0.1, 0.15) is 24.8 Å². The standard InChI is InChI=1S/C13H18N2O2.ClH/c1-9-4-5-12(16)11(7-9)15-13(17)8-10-3-2-6-14-10;/h4-5,7,10,14,16H,2-3,6,8H2,1H3,(H,15,17);1H. The zero-order chi connectivity index (χ0) is 12.3. The summed E-state index contributed by atoms with van der Waals surface area (Å²) in [7, 11) is 0. The van der Waals surface area contributed by atoms with Crippen LogP contribution < -0.4 is 10.6 Å². The van der Waals surface area contributed by atoms with E-state index in [1.165, 1.54) is 0 Å². The number of nitrogens with one attached hydrogen (secondary N) is 2. The van der Waals surface area contributed by atoms with Gasteiger partial charge in [-0.15, -0.1) is 12.4 Å². The van der Waals surface area contributed by atoms with E-state index in [0.29, 0.717) is 12.1 Å². The lowest BCUT2D eigenvalue weighted by atomic mass is 10.1. The number of carbonyl (C=O) groups excluding carboxylic acids is 1. The molecule has 18 heavy (non-hydrogen) atoms. The molecule has 3 N–H and O–H groups in total. The third-order valence-corrected chi connectivity index (χ3v) is 3.02. The summed E-state index contributed by atoms with van der Waals surface area (Å²) in [6.45, 7) is 2.92. The maximum absolute atomic E-state index is 11.8. The molecule has 1 aliphatic rings. The van der Waals surface area contributed by atoms with Crippen molar-refractivity contribution in [2.75, 3.05) is 11.9 Å². The highest BCUT2D eigenvalue weighted by atomic mass is 35.5. The van der Waals surface area contributed by atoms with E-state index in [9.17, 15) is 9.90 Å². The van der Waals surface area contributed by atoms with E-state index < -0.39 is 0 Å². The molecule has 0 aromatic heterocycles. The van der Waals surface area contributed by atoms with Crippen molar-refractivity contribution in [2.45, 2.75) is 32.2 Å². The van der Waals surface area contributed by atoms with Crippen LogP contribution in [0.5, 0.6) is 5.75 Å². The zero-order valence-electron chi connectivity index (χ0n) is 10.4. The molecule has 100 valence electrons. The largest absolute Gasteiger partial charge is 0.506 e. The third kappa shape index (κ3) is 3.89. The SMILES string of the molecule is Cc1ccc(O)c(NC(=O)CC2CCCN2)c1.Cl. The predicted octanol–water partition coefficient (Wildman–Crippen LogP) is 2.20. The number of phenols is 1. The van der Waals surface area contributed by atoms with Gasteiger partial charge in [0.25, 0.3) is 0 Å². The second-order valence-corrected chi connectivity index (χ2v) is 4.57. The highest BCUT2D eigenvalue weighted by Gasteiger charge is 2.18. The summed E-state index contributed by atoms with van der Waals surface area (Å²) in [4.78, 5) is 11.8. The van der Waals surface area contributed by atoms with Crippen molar-refractivity contribution >= 4 is 24.0 Å². The number of phenolic OH excluding ortho intramolecular Hbond substituents is 1. The molecule has 1 unspecified atom stereocenters. The second kappa shape index (κ2) is 6.61. The van der Waals surface area contributed by atoms with Gasteiger partial charge in [0, 0.05) is 12.5 Å². The summed E-state index contributed by atoms with van der Waals surface area (Å²) in [5, 5.41) is 15.6. The van der Waals surface area contributed by atoms with E-state index in [1.807, 2.05) is 13.0 Å². The number of hydrogen-bond acceptors (Lipinski definition) is 3. The molecule has 1 atom stereocenters. The van der Waals surface area contributed by atoms with Crippen LogP contribution in [-0.2, 0) is 4.79 Å². The summed E-state index contributed by atoms with van der Waals surface area (Å²) in [6, 6.07) is 5.46. The third-order valence-electron chi connectivity index (χ3n) is 3.02. The average Bonchev–Trinajstić information content (AvgIpc) is 2.76. The molecule has 0 aliphatic carbocycles. The van der Waals surface area contributed by atoms with Crippen molar-refractivity contribution in [1.82, 2.24) is 5.32 Å². The van der Waals surface area contributed by atoms with Gasteiger partial charge >= 0.3 is 0 Å². The molecule has 0 saturated carbocycles. The summed E-state index contributed by atoms with van der Waals surface area (Å²) < 4.78 is 0. The zero-order valence-corrected chi connectivity index (χ0v) is 11.2. The Morgan fingerprint density at radius 2 is 2.33 bits per heavy atom. The first-order chi connectivity index (χ1) is 8.15. The first kappa shape index (κ1) is 14.8. The van der Waals surface area contributed by atoms with E-state index in [2.05, 4.69) is 10.6 Å². The van der Waals surface area contributed by atoms with Crippen LogP contribution in [0.4, 0.5) is 5.69 Å². The summed E-state index contributed by atoms with van der Waals surface area (Å²) in [5.41, 5.74) is 1.50. The van der Waals surface area contributed by atoms with Crippen LogP contribution in [-0.4, -0.2) is 23.6 Å². The van der Waals surface area contributed by atoms with Gasteiger partial charge in [0.15, 0.2) is 0 Å². The summed E-state index contributed by atoms with van der Waals surface area (Å²) in [6.07, 6.45) is 2.65. The first-order valence-corrected chi connectivity index (χ1v) is 5.98. The minimum absolute atomic E-state index is 0. The number of rotatable bonds is 3. The van der Waals surface area contributed by atoms with Crippen molar-refractivity contribution < 1.29 is 9.90 Å². The van der Waals surface area contributed by atoms with Gasteiger partial charge in [-0.3, -0.25) is 4.79 Å². The molecular weight excluding hydrogens is 252 g/mol. The predicted molar refractivity (Wildman–Crippen MR) is 74.4 cm³/mol. The van der Waals surface area contributed by atoms with Crippen molar-refractivity contribution in [3.8, 4) is 5.75 Å². The van der Waals surface area contributed by atoms with Crippen LogP contribution in [0, 0.1) is 6.92 Å². The molecule has 0 bridgehead atoms. The molecule has 1 amide bonds. The summed E-state index contributed by atoms with van der Waals surface area (Å²) in [5.74, 6) is 0.0635. The quantitative estimate of drug-likeness (QED) is 0.738. The molecule has 1 saturated heterocycles. The Balaban J connectivity index is 0.00000162. The van der Waals surface area contributed by atoms with E-state index >= 15 is 0 Å². The summed E-state index contributed by atoms with van der Waals surface area (Å²) >= 11 is 0. The van der Waals surface area contributed by atoms with Crippen molar-refractivity contribution in [3.05, 3.63) is 23.8 Å². The number of benzene rings is 1. The maximum Gasteiger partial charge on any atom is 0.226 e. The number of aryl methyl sites for hydroxylation is 1. The van der Waals surface area contributed by atoms with E-state index in [0.717, 1.165) is 24.9 Å².